The van der Waals surface area contributed by atoms with Crippen molar-refractivity contribution in [2.75, 3.05) is 26.9 Å². The Morgan fingerprint density at radius 2 is 1.89 bits per heavy atom. The number of hydrogen-bond donors (Lipinski definition) is 2. The third-order valence-corrected chi connectivity index (χ3v) is 6.56. The molecule has 0 spiro atoms. The highest BCUT2D eigenvalue weighted by molar-refractivity contribution is 5.97. The van der Waals surface area contributed by atoms with Gasteiger partial charge in [0.05, 0.1) is 18.8 Å². The first-order valence-corrected chi connectivity index (χ1v) is 12.0. The van der Waals surface area contributed by atoms with E-state index in [-0.39, 0.29) is 17.9 Å². The van der Waals surface area contributed by atoms with Crippen LogP contribution >= 0.6 is 0 Å². The number of aromatic nitrogens is 1. The number of H-pyrrole nitrogens is 1. The standard InChI is InChI=1S/C29H30N2O4/c1-33-21-14-12-20(13-15-21)25(26-18-30-27-10-4-2-8-23(26)27)17-31-29(32)24-9-3-5-11-28(24)35-19-22-7-6-16-34-22/h2-5,8-15,18,22,25,30H,6-7,16-17,19H2,1H3,(H,31,32). The van der Waals surface area contributed by atoms with E-state index in [1.807, 2.05) is 48.7 Å². The third kappa shape index (κ3) is 5.17. The first-order valence-electron chi connectivity index (χ1n) is 12.0. The molecule has 0 saturated carbocycles. The van der Waals surface area contributed by atoms with Crippen LogP contribution in [0.15, 0.2) is 79.0 Å². The number of para-hydroxylation sites is 2. The molecule has 1 fully saturated rings. The summed E-state index contributed by atoms with van der Waals surface area (Å²) in [4.78, 5) is 16.6. The smallest absolute Gasteiger partial charge is 0.255 e. The van der Waals surface area contributed by atoms with Gasteiger partial charge in [-0.2, -0.15) is 0 Å². The Morgan fingerprint density at radius 3 is 2.69 bits per heavy atom. The highest BCUT2D eigenvalue weighted by atomic mass is 16.5. The first kappa shape index (κ1) is 23.0. The van der Waals surface area contributed by atoms with E-state index in [9.17, 15) is 4.79 Å². The molecular formula is C29H30N2O4. The molecule has 2 heterocycles. The number of carbonyl (C=O) groups excluding carboxylic acids is 1. The van der Waals surface area contributed by atoms with Crippen molar-refractivity contribution in [3.05, 3.63) is 95.7 Å². The number of nitrogens with one attached hydrogen (secondary N) is 2. The number of aromatic amines is 1. The highest BCUT2D eigenvalue weighted by Gasteiger charge is 2.22. The Labute approximate surface area is 205 Å². The number of methoxy groups -OCH3 is 1. The average Bonchev–Trinajstić information content (AvgIpc) is 3.58. The molecule has 5 rings (SSSR count). The Balaban J connectivity index is 1.37. The molecule has 6 nitrogen and oxygen atoms in total. The zero-order chi connectivity index (χ0) is 24.0. The van der Waals surface area contributed by atoms with Gasteiger partial charge in [0.15, 0.2) is 0 Å². The quantitative estimate of drug-likeness (QED) is 0.348. The van der Waals surface area contributed by atoms with E-state index in [0.29, 0.717) is 24.5 Å². The number of ether oxygens (including phenoxy) is 3. The van der Waals surface area contributed by atoms with E-state index in [1.165, 1.54) is 0 Å². The Bertz CT molecular complexity index is 1280. The van der Waals surface area contributed by atoms with Crippen molar-refractivity contribution < 1.29 is 19.0 Å². The molecule has 180 valence electrons. The molecule has 2 unspecified atom stereocenters. The molecule has 4 aromatic rings. The molecule has 1 aliphatic heterocycles. The Kier molecular flexibility index (Phi) is 7.00. The third-order valence-electron chi connectivity index (χ3n) is 6.56. The van der Waals surface area contributed by atoms with Gasteiger partial charge in [0.1, 0.15) is 18.1 Å². The Hall–Kier alpha value is -3.77. The number of carbonyl (C=O) groups is 1. The molecule has 0 radical (unpaired) electrons. The van der Waals surface area contributed by atoms with Crippen LogP contribution in [0.4, 0.5) is 0 Å². The predicted octanol–water partition coefficient (Wildman–Crippen LogP) is 5.30. The monoisotopic (exact) mass is 470 g/mol. The first-order chi connectivity index (χ1) is 17.2. The second-order valence-electron chi connectivity index (χ2n) is 8.77. The van der Waals surface area contributed by atoms with E-state index in [2.05, 4.69) is 34.6 Å². The van der Waals surface area contributed by atoms with Crippen LogP contribution in [0.25, 0.3) is 10.9 Å². The number of rotatable bonds is 9. The topological polar surface area (TPSA) is 72.6 Å². The number of amides is 1. The van der Waals surface area contributed by atoms with Gasteiger partial charge in [-0.25, -0.2) is 0 Å². The summed E-state index contributed by atoms with van der Waals surface area (Å²) >= 11 is 0. The molecule has 1 amide bonds. The van der Waals surface area contributed by atoms with E-state index in [0.717, 1.165) is 47.2 Å². The molecular weight excluding hydrogens is 440 g/mol. The summed E-state index contributed by atoms with van der Waals surface area (Å²) in [7, 11) is 1.66. The van der Waals surface area contributed by atoms with Gasteiger partial charge in [0, 0.05) is 36.2 Å². The van der Waals surface area contributed by atoms with Gasteiger partial charge in [-0.3, -0.25) is 4.79 Å². The minimum atomic E-state index is -0.161. The zero-order valence-corrected chi connectivity index (χ0v) is 19.8. The van der Waals surface area contributed by atoms with E-state index in [4.69, 9.17) is 14.2 Å². The van der Waals surface area contributed by atoms with Crippen LogP contribution in [0.3, 0.4) is 0 Å². The second-order valence-corrected chi connectivity index (χ2v) is 8.77. The summed E-state index contributed by atoms with van der Waals surface area (Å²) in [6, 6.07) is 23.6. The van der Waals surface area contributed by atoms with Crippen molar-refractivity contribution in [1.29, 1.82) is 0 Å². The van der Waals surface area contributed by atoms with Gasteiger partial charge in [-0.1, -0.05) is 42.5 Å². The minimum Gasteiger partial charge on any atom is -0.497 e. The van der Waals surface area contributed by atoms with Crippen LogP contribution in [-0.2, 0) is 4.74 Å². The Morgan fingerprint density at radius 1 is 1.09 bits per heavy atom. The van der Waals surface area contributed by atoms with Crippen LogP contribution in [-0.4, -0.2) is 43.9 Å². The van der Waals surface area contributed by atoms with Crippen molar-refractivity contribution in [1.82, 2.24) is 10.3 Å². The van der Waals surface area contributed by atoms with E-state index in [1.54, 1.807) is 13.2 Å². The molecule has 2 N–H and O–H groups in total. The normalized spacial score (nSPS) is 16.2. The lowest BCUT2D eigenvalue weighted by molar-refractivity contribution is 0.0670. The summed E-state index contributed by atoms with van der Waals surface area (Å²) in [5.74, 6) is 1.17. The summed E-state index contributed by atoms with van der Waals surface area (Å²) in [6.45, 7) is 1.66. The van der Waals surface area contributed by atoms with Crippen molar-refractivity contribution in [3.8, 4) is 11.5 Å². The van der Waals surface area contributed by atoms with Crippen molar-refractivity contribution in [2.45, 2.75) is 24.9 Å². The maximum Gasteiger partial charge on any atom is 0.255 e. The molecule has 1 saturated heterocycles. The van der Waals surface area contributed by atoms with Crippen molar-refractivity contribution in [3.63, 3.8) is 0 Å². The minimum absolute atomic E-state index is 0.0408. The second kappa shape index (κ2) is 10.7. The van der Waals surface area contributed by atoms with Crippen LogP contribution < -0.4 is 14.8 Å². The van der Waals surface area contributed by atoms with Gasteiger partial charge in [0.2, 0.25) is 0 Å². The average molecular weight is 471 g/mol. The maximum absolute atomic E-state index is 13.3. The lowest BCUT2D eigenvalue weighted by Gasteiger charge is -2.19. The molecule has 0 bridgehead atoms. The molecule has 6 heteroatoms. The van der Waals surface area contributed by atoms with Gasteiger partial charge in [-0.15, -0.1) is 0 Å². The number of fused-ring (bicyclic) bond motifs is 1. The molecule has 3 aromatic carbocycles. The highest BCUT2D eigenvalue weighted by Crippen LogP contribution is 2.31. The fourth-order valence-electron chi connectivity index (χ4n) is 4.65. The fourth-order valence-corrected chi connectivity index (χ4v) is 4.65. The predicted molar refractivity (Wildman–Crippen MR) is 136 cm³/mol. The lowest BCUT2D eigenvalue weighted by atomic mass is 9.90. The zero-order valence-electron chi connectivity index (χ0n) is 19.8. The van der Waals surface area contributed by atoms with Gasteiger partial charge >= 0.3 is 0 Å². The van der Waals surface area contributed by atoms with Crippen LogP contribution in [0.5, 0.6) is 11.5 Å². The summed E-state index contributed by atoms with van der Waals surface area (Å²) in [5, 5.41) is 4.29. The molecule has 0 aliphatic carbocycles. The summed E-state index contributed by atoms with van der Waals surface area (Å²) in [5.41, 5.74) is 3.82. The van der Waals surface area contributed by atoms with Gasteiger partial charge in [-0.05, 0) is 54.3 Å². The molecule has 1 aliphatic rings. The van der Waals surface area contributed by atoms with Gasteiger partial charge < -0.3 is 24.5 Å². The number of benzene rings is 3. The summed E-state index contributed by atoms with van der Waals surface area (Å²) < 4.78 is 17.0. The van der Waals surface area contributed by atoms with Crippen LogP contribution in [0, 0.1) is 0 Å². The van der Waals surface area contributed by atoms with Gasteiger partial charge in [0.25, 0.3) is 5.91 Å². The van der Waals surface area contributed by atoms with Crippen molar-refractivity contribution in [2.24, 2.45) is 0 Å². The van der Waals surface area contributed by atoms with Crippen LogP contribution in [0.1, 0.15) is 40.2 Å². The maximum atomic E-state index is 13.3. The fraction of sp³-hybridized carbons (Fsp3) is 0.276. The van der Waals surface area contributed by atoms with E-state index >= 15 is 0 Å². The van der Waals surface area contributed by atoms with Crippen molar-refractivity contribution >= 4 is 16.8 Å². The largest absolute Gasteiger partial charge is 0.497 e. The van der Waals surface area contributed by atoms with Crippen LogP contribution in [0.2, 0.25) is 0 Å². The molecule has 2 atom stereocenters. The van der Waals surface area contributed by atoms with E-state index < -0.39 is 0 Å². The molecule has 35 heavy (non-hydrogen) atoms. The number of hydrogen-bond acceptors (Lipinski definition) is 4. The lowest BCUT2D eigenvalue weighted by Crippen LogP contribution is -2.29. The summed E-state index contributed by atoms with van der Waals surface area (Å²) in [6.07, 6.45) is 4.16. The molecule has 1 aromatic heterocycles. The SMILES string of the molecule is COc1ccc(C(CNC(=O)c2ccccc2OCC2CCCO2)c2c[nH]c3ccccc23)cc1.